The molecule has 1 N–H and O–H groups in total. The molecule has 8 heteroatoms. The van der Waals surface area contributed by atoms with Crippen molar-refractivity contribution in [1.82, 2.24) is 10.2 Å². The molecule has 7 nitrogen and oxygen atoms in total. The standard InChI is InChI=1S/C14H17N3O4S/c1-5-10-16-17-11(21-10)6-20-14(19)12-7(2)8(3)22-13(12)15-9(4)18/h5-6H2,1-4H3,(H,15,18). The number of nitrogens with one attached hydrogen (secondary N) is 1. The summed E-state index contributed by atoms with van der Waals surface area (Å²) in [7, 11) is 0. The minimum atomic E-state index is -0.526. The third kappa shape index (κ3) is 3.51. The summed E-state index contributed by atoms with van der Waals surface area (Å²) in [6, 6.07) is 0. The van der Waals surface area contributed by atoms with E-state index in [1.54, 1.807) is 0 Å². The number of carbonyl (C=O) groups excluding carboxylic acids is 2. The molecule has 0 unspecified atom stereocenters. The molecular formula is C14H17N3O4S. The second kappa shape index (κ2) is 6.69. The lowest BCUT2D eigenvalue weighted by atomic mass is 10.1. The van der Waals surface area contributed by atoms with Gasteiger partial charge in [0, 0.05) is 18.2 Å². The van der Waals surface area contributed by atoms with Gasteiger partial charge in [0.25, 0.3) is 5.89 Å². The maximum atomic E-state index is 12.3. The molecule has 0 radical (unpaired) electrons. The second-order valence-electron chi connectivity index (χ2n) is 4.69. The van der Waals surface area contributed by atoms with Crippen LogP contribution >= 0.6 is 11.3 Å². The molecule has 0 fully saturated rings. The lowest BCUT2D eigenvalue weighted by molar-refractivity contribution is -0.114. The highest BCUT2D eigenvalue weighted by Gasteiger charge is 2.22. The molecule has 0 aliphatic carbocycles. The van der Waals surface area contributed by atoms with Gasteiger partial charge in [0.05, 0.1) is 5.56 Å². The van der Waals surface area contributed by atoms with Gasteiger partial charge in [0.15, 0.2) is 6.61 Å². The highest BCUT2D eigenvalue weighted by atomic mass is 32.1. The number of carbonyl (C=O) groups is 2. The first-order valence-corrected chi connectivity index (χ1v) is 7.60. The Morgan fingerprint density at radius 3 is 2.55 bits per heavy atom. The van der Waals surface area contributed by atoms with Crippen molar-refractivity contribution in [2.75, 3.05) is 5.32 Å². The molecule has 1 amide bonds. The normalized spacial score (nSPS) is 10.5. The number of amides is 1. The summed E-state index contributed by atoms with van der Waals surface area (Å²) in [5, 5.41) is 10.7. The van der Waals surface area contributed by atoms with Gasteiger partial charge >= 0.3 is 5.97 Å². The average Bonchev–Trinajstić information content (AvgIpc) is 3.01. The van der Waals surface area contributed by atoms with Gasteiger partial charge in [-0.15, -0.1) is 21.5 Å². The molecule has 0 bridgehead atoms. The maximum Gasteiger partial charge on any atom is 0.341 e. The number of aromatic nitrogens is 2. The fraction of sp³-hybridized carbons (Fsp3) is 0.429. The van der Waals surface area contributed by atoms with Crippen LogP contribution in [0.1, 0.15) is 46.4 Å². The summed E-state index contributed by atoms with van der Waals surface area (Å²) >= 11 is 1.34. The molecule has 2 aromatic heterocycles. The molecule has 0 atom stereocenters. The number of esters is 1. The molecule has 0 aliphatic rings. The first-order chi connectivity index (χ1) is 10.4. The Labute approximate surface area is 131 Å². The van der Waals surface area contributed by atoms with Crippen molar-refractivity contribution in [3.8, 4) is 0 Å². The zero-order valence-corrected chi connectivity index (χ0v) is 13.7. The third-order valence-corrected chi connectivity index (χ3v) is 4.14. The number of nitrogens with zero attached hydrogens (tertiary/aromatic N) is 2. The number of thiophene rings is 1. The summed E-state index contributed by atoms with van der Waals surface area (Å²) in [5.41, 5.74) is 1.16. The Morgan fingerprint density at radius 2 is 1.95 bits per heavy atom. The van der Waals surface area contributed by atoms with E-state index in [2.05, 4.69) is 15.5 Å². The van der Waals surface area contributed by atoms with Crippen LogP contribution in [0.5, 0.6) is 0 Å². The van der Waals surface area contributed by atoms with Gasteiger partial charge in [0.1, 0.15) is 5.00 Å². The average molecular weight is 323 g/mol. The largest absolute Gasteiger partial charge is 0.452 e. The van der Waals surface area contributed by atoms with E-state index in [9.17, 15) is 9.59 Å². The minimum absolute atomic E-state index is 0.0975. The first kappa shape index (κ1) is 16.2. The topological polar surface area (TPSA) is 94.3 Å². The van der Waals surface area contributed by atoms with E-state index in [0.717, 1.165) is 10.4 Å². The molecular weight excluding hydrogens is 306 g/mol. The van der Waals surface area contributed by atoms with Crippen LogP contribution in [-0.2, 0) is 22.6 Å². The monoisotopic (exact) mass is 323 g/mol. The van der Waals surface area contributed by atoms with Crippen molar-refractivity contribution in [2.24, 2.45) is 0 Å². The third-order valence-electron chi connectivity index (χ3n) is 3.02. The molecule has 22 heavy (non-hydrogen) atoms. The van der Waals surface area contributed by atoms with Crippen LogP contribution in [0.25, 0.3) is 0 Å². The van der Waals surface area contributed by atoms with Crippen molar-refractivity contribution in [1.29, 1.82) is 0 Å². The van der Waals surface area contributed by atoms with Crippen molar-refractivity contribution in [3.05, 3.63) is 27.8 Å². The van der Waals surface area contributed by atoms with Gasteiger partial charge < -0.3 is 14.5 Å². The maximum absolute atomic E-state index is 12.3. The Kier molecular flexibility index (Phi) is 4.92. The van der Waals surface area contributed by atoms with E-state index < -0.39 is 5.97 Å². The Balaban J connectivity index is 2.13. The number of ether oxygens (including phenoxy) is 1. The summed E-state index contributed by atoms with van der Waals surface area (Å²) < 4.78 is 10.5. The van der Waals surface area contributed by atoms with E-state index in [1.165, 1.54) is 18.3 Å². The lowest BCUT2D eigenvalue weighted by Gasteiger charge is -2.05. The van der Waals surface area contributed by atoms with Crippen LogP contribution in [-0.4, -0.2) is 22.1 Å². The molecule has 2 heterocycles. The highest BCUT2D eigenvalue weighted by Crippen LogP contribution is 2.33. The van der Waals surface area contributed by atoms with Gasteiger partial charge in [-0.3, -0.25) is 4.79 Å². The van der Waals surface area contributed by atoms with Crippen molar-refractivity contribution in [3.63, 3.8) is 0 Å². The molecule has 0 saturated heterocycles. The molecule has 0 spiro atoms. The van der Waals surface area contributed by atoms with E-state index >= 15 is 0 Å². The predicted octanol–water partition coefficient (Wildman–Crippen LogP) is 2.63. The van der Waals surface area contributed by atoms with Crippen molar-refractivity contribution < 1.29 is 18.7 Å². The summed E-state index contributed by atoms with van der Waals surface area (Å²) in [6.07, 6.45) is 0.621. The zero-order chi connectivity index (χ0) is 16.3. The van der Waals surface area contributed by atoms with E-state index in [-0.39, 0.29) is 18.4 Å². The van der Waals surface area contributed by atoms with Crippen LogP contribution < -0.4 is 5.32 Å². The van der Waals surface area contributed by atoms with E-state index in [1.807, 2.05) is 20.8 Å². The SMILES string of the molecule is CCc1nnc(COC(=O)c2c(NC(C)=O)sc(C)c2C)o1. The second-order valence-corrected chi connectivity index (χ2v) is 5.91. The van der Waals surface area contributed by atoms with Crippen LogP contribution in [0, 0.1) is 13.8 Å². The number of rotatable bonds is 5. The summed E-state index contributed by atoms with van der Waals surface area (Å²) in [5.74, 6) is -0.0231. The van der Waals surface area contributed by atoms with Gasteiger partial charge in [-0.1, -0.05) is 6.92 Å². The molecule has 118 valence electrons. The highest BCUT2D eigenvalue weighted by molar-refractivity contribution is 7.16. The van der Waals surface area contributed by atoms with Crippen LogP contribution in [0.2, 0.25) is 0 Å². The molecule has 0 saturated carbocycles. The summed E-state index contributed by atoms with van der Waals surface area (Å²) in [4.78, 5) is 24.5. The number of anilines is 1. The first-order valence-electron chi connectivity index (χ1n) is 6.78. The van der Waals surface area contributed by atoms with Crippen LogP contribution in [0.4, 0.5) is 5.00 Å². The smallest absolute Gasteiger partial charge is 0.341 e. The van der Waals surface area contributed by atoms with Crippen LogP contribution in [0.15, 0.2) is 4.42 Å². The molecule has 2 rings (SSSR count). The van der Waals surface area contributed by atoms with E-state index in [0.29, 0.717) is 22.9 Å². The van der Waals surface area contributed by atoms with Gasteiger partial charge in [-0.25, -0.2) is 4.79 Å². The van der Waals surface area contributed by atoms with Gasteiger partial charge in [-0.05, 0) is 19.4 Å². The summed E-state index contributed by atoms with van der Waals surface area (Å²) in [6.45, 7) is 6.88. The quantitative estimate of drug-likeness (QED) is 0.850. The Morgan fingerprint density at radius 1 is 1.27 bits per heavy atom. The molecule has 2 aromatic rings. The minimum Gasteiger partial charge on any atom is -0.452 e. The number of hydrogen-bond acceptors (Lipinski definition) is 7. The van der Waals surface area contributed by atoms with Crippen molar-refractivity contribution in [2.45, 2.75) is 40.7 Å². The van der Waals surface area contributed by atoms with Gasteiger partial charge in [0.2, 0.25) is 11.8 Å². The van der Waals surface area contributed by atoms with E-state index in [4.69, 9.17) is 9.15 Å². The fourth-order valence-electron chi connectivity index (χ4n) is 1.81. The van der Waals surface area contributed by atoms with Crippen LogP contribution in [0.3, 0.4) is 0 Å². The van der Waals surface area contributed by atoms with Crippen molar-refractivity contribution >= 4 is 28.2 Å². The number of aryl methyl sites for hydroxylation is 2. The number of hydrogen-bond donors (Lipinski definition) is 1. The molecule has 0 aliphatic heterocycles. The fourth-order valence-corrected chi connectivity index (χ4v) is 2.90. The Hall–Kier alpha value is -2.22. The Bertz CT molecular complexity index is 705. The zero-order valence-electron chi connectivity index (χ0n) is 12.8. The molecule has 0 aromatic carbocycles. The van der Waals surface area contributed by atoms with Gasteiger partial charge in [-0.2, -0.15) is 0 Å². The predicted molar refractivity (Wildman–Crippen MR) is 80.9 cm³/mol. The lowest BCUT2D eigenvalue weighted by Crippen LogP contribution is -2.12.